The molecule has 6 atom stereocenters. The number of nitrogens with zero attached hydrogens (tertiary/aromatic N) is 2. The number of hydrogen-bond donors (Lipinski definition) is 2. The van der Waals surface area contributed by atoms with Crippen molar-refractivity contribution in [2.24, 2.45) is 35.5 Å². The fraction of sp³-hybridized carbons (Fsp3) is 0.900. The molecular formula is C40H72N4O4. The molecule has 6 amide bonds. The van der Waals surface area contributed by atoms with Gasteiger partial charge in [-0.25, -0.2) is 9.59 Å². The summed E-state index contributed by atoms with van der Waals surface area (Å²) in [5.74, 6) is 2.68. The van der Waals surface area contributed by atoms with Crippen molar-refractivity contribution in [2.45, 2.75) is 169 Å². The second kappa shape index (κ2) is 22.6. The smallest absolute Gasteiger partial charge is 0.324 e. The minimum Gasteiger partial charge on any atom is -0.338 e. The van der Waals surface area contributed by atoms with Crippen molar-refractivity contribution in [3.8, 4) is 0 Å². The van der Waals surface area contributed by atoms with Crippen LogP contribution >= 0.6 is 0 Å². The van der Waals surface area contributed by atoms with Crippen LogP contribution < -0.4 is 10.6 Å². The highest BCUT2D eigenvalue weighted by molar-refractivity contribution is 5.95. The van der Waals surface area contributed by atoms with Crippen molar-refractivity contribution in [3.05, 3.63) is 0 Å². The fourth-order valence-electron chi connectivity index (χ4n) is 9.28. The summed E-state index contributed by atoms with van der Waals surface area (Å²) in [5.41, 5.74) is 0. The molecule has 0 saturated heterocycles. The van der Waals surface area contributed by atoms with Gasteiger partial charge < -0.3 is 10.6 Å². The van der Waals surface area contributed by atoms with Crippen LogP contribution in [0.15, 0.2) is 0 Å². The largest absolute Gasteiger partial charge is 0.338 e. The molecule has 276 valence electrons. The monoisotopic (exact) mass is 673 g/mol. The average Bonchev–Trinajstić information content (AvgIpc) is 3.78. The number of hydrogen-bond acceptors (Lipinski definition) is 4. The predicted molar refractivity (Wildman–Crippen MR) is 195 cm³/mol. The molecule has 6 unspecified atom stereocenters. The number of urea groups is 2. The van der Waals surface area contributed by atoms with E-state index in [0.29, 0.717) is 62.7 Å². The Labute approximate surface area is 293 Å². The molecule has 8 nitrogen and oxygen atoms in total. The summed E-state index contributed by atoms with van der Waals surface area (Å²) in [6.07, 6.45) is 22.3. The minimum absolute atomic E-state index is 0.0209. The van der Waals surface area contributed by atoms with Crippen LogP contribution in [0.4, 0.5) is 9.59 Å². The van der Waals surface area contributed by atoms with Gasteiger partial charge in [-0.05, 0) is 86.9 Å². The molecule has 3 aliphatic carbocycles. The molecule has 0 spiro atoms. The molecule has 0 aromatic heterocycles. The Morgan fingerprint density at radius 3 is 1.46 bits per heavy atom. The Bertz CT molecular complexity index is 973. The first-order valence-electron chi connectivity index (χ1n) is 20.5. The number of rotatable bonds is 24. The van der Waals surface area contributed by atoms with Gasteiger partial charge in [-0.1, -0.05) is 105 Å². The van der Waals surface area contributed by atoms with Crippen LogP contribution in [-0.4, -0.2) is 59.9 Å². The van der Waals surface area contributed by atoms with E-state index in [0.717, 1.165) is 128 Å². The molecule has 48 heavy (non-hydrogen) atoms. The van der Waals surface area contributed by atoms with E-state index in [4.69, 9.17) is 0 Å². The molecule has 0 aromatic rings. The molecule has 0 radical (unpaired) electrons. The number of nitrogens with one attached hydrogen (secondary N) is 2. The summed E-state index contributed by atoms with van der Waals surface area (Å²) in [6.45, 7) is 11.0. The zero-order valence-electron chi connectivity index (χ0n) is 31.4. The third kappa shape index (κ3) is 12.3. The van der Waals surface area contributed by atoms with Gasteiger partial charge in [0, 0.05) is 39.0 Å². The lowest BCUT2D eigenvalue weighted by Crippen LogP contribution is -2.46. The van der Waals surface area contributed by atoms with E-state index in [9.17, 15) is 19.2 Å². The zero-order chi connectivity index (χ0) is 34.7. The maximum absolute atomic E-state index is 13.8. The first kappa shape index (κ1) is 40.3. The normalized spacial score (nSPS) is 24.0. The van der Waals surface area contributed by atoms with Crippen molar-refractivity contribution in [1.82, 2.24) is 20.4 Å². The fourth-order valence-corrected chi connectivity index (χ4v) is 9.28. The Morgan fingerprint density at radius 1 is 0.521 bits per heavy atom. The van der Waals surface area contributed by atoms with Gasteiger partial charge in [0.2, 0.25) is 11.8 Å². The van der Waals surface area contributed by atoms with Crippen LogP contribution in [0, 0.1) is 35.5 Å². The van der Waals surface area contributed by atoms with E-state index in [1.807, 2.05) is 0 Å². The number of unbranched alkanes of at least 4 members (excludes halogenated alkanes) is 12. The number of amides is 6. The van der Waals surface area contributed by atoms with E-state index < -0.39 is 0 Å². The van der Waals surface area contributed by atoms with Crippen LogP contribution in [-0.2, 0) is 9.59 Å². The first-order chi connectivity index (χ1) is 23.4. The summed E-state index contributed by atoms with van der Waals surface area (Å²) in [7, 11) is 0. The van der Waals surface area contributed by atoms with Crippen molar-refractivity contribution < 1.29 is 19.2 Å². The highest BCUT2D eigenvalue weighted by Crippen LogP contribution is 2.64. The van der Waals surface area contributed by atoms with Crippen molar-refractivity contribution in [1.29, 1.82) is 0 Å². The highest BCUT2D eigenvalue weighted by Gasteiger charge is 2.57. The molecule has 3 fully saturated rings. The molecule has 3 aliphatic rings. The number of carbonyl (C=O) groups excluding carboxylic acids is 4. The van der Waals surface area contributed by atoms with Gasteiger partial charge in [0.05, 0.1) is 0 Å². The van der Waals surface area contributed by atoms with Gasteiger partial charge in [-0.3, -0.25) is 19.4 Å². The zero-order valence-corrected chi connectivity index (χ0v) is 31.4. The van der Waals surface area contributed by atoms with Crippen molar-refractivity contribution in [3.63, 3.8) is 0 Å². The number of carbonyl (C=O) groups is 4. The van der Waals surface area contributed by atoms with E-state index in [-0.39, 0.29) is 35.7 Å². The molecule has 0 heterocycles. The highest BCUT2D eigenvalue weighted by atomic mass is 16.2. The van der Waals surface area contributed by atoms with E-state index in [1.165, 1.54) is 9.80 Å². The SMILES string of the molecule is CCCCCCNC(=O)N(CCCCCC)C(=O)CC1CC2CC1C1C(CC(=O)N(CCCCCC)C(=O)NCCCCCC)CCC21. The Balaban J connectivity index is 1.60. The maximum Gasteiger partial charge on any atom is 0.324 e. The quantitative estimate of drug-likeness (QED) is 0.0998. The molecule has 2 bridgehead atoms. The topological polar surface area (TPSA) is 98.8 Å². The molecular weight excluding hydrogens is 600 g/mol. The summed E-state index contributed by atoms with van der Waals surface area (Å²) >= 11 is 0. The lowest BCUT2D eigenvalue weighted by atomic mass is 9.71. The molecule has 3 saturated carbocycles. The summed E-state index contributed by atoms with van der Waals surface area (Å²) in [5, 5.41) is 6.09. The van der Waals surface area contributed by atoms with Crippen LogP contribution in [0.2, 0.25) is 0 Å². The molecule has 2 N–H and O–H groups in total. The van der Waals surface area contributed by atoms with Crippen LogP contribution in [0.5, 0.6) is 0 Å². The van der Waals surface area contributed by atoms with Gasteiger partial charge in [0.15, 0.2) is 0 Å². The van der Waals surface area contributed by atoms with Crippen LogP contribution in [0.1, 0.15) is 169 Å². The lowest BCUT2D eigenvalue weighted by Gasteiger charge is -2.35. The van der Waals surface area contributed by atoms with Gasteiger partial charge >= 0.3 is 12.1 Å². The second-order valence-corrected chi connectivity index (χ2v) is 15.4. The van der Waals surface area contributed by atoms with Crippen LogP contribution in [0.3, 0.4) is 0 Å². The summed E-state index contributed by atoms with van der Waals surface area (Å²) in [6, 6.07) is -0.442. The standard InChI is InChI=1S/C40H72N4O4/c1-5-9-13-17-23-41-39(47)43(25-19-15-11-7-3)36(45)29-31-21-22-34-32-27-33(35(28-32)38(31)34)30-37(46)44(26-20-16-12-8-4)40(48)42-24-18-14-10-6-2/h31-35,38H,5-30H2,1-4H3,(H,41,47)(H,42,48). The first-order valence-corrected chi connectivity index (χ1v) is 20.5. The number of fused-ring (bicyclic) bond motifs is 5. The van der Waals surface area contributed by atoms with E-state index in [1.54, 1.807) is 0 Å². The van der Waals surface area contributed by atoms with E-state index in [2.05, 4.69) is 38.3 Å². The minimum atomic E-state index is -0.221. The summed E-state index contributed by atoms with van der Waals surface area (Å²) in [4.78, 5) is 57.1. The van der Waals surface area contributed by atoms with Gasteiger partial charge in [0.25, 0.3) is 0 Å². The average molecular weight is 673 g/mol. The Hall–Kier alpha value is -2.12. The lowest BCUT2D eigenvalue weighted by molar-refractivity contribution is -0.131. The van der Waals surface area contributed by atoms with Gasteiger partial charge in [-0.2, -0.15) is 0 Å². The Kier molecular flexibility index (Phi) is 19.0. The van der Waals surface area contributed by atoms with Crippen molar-refractivity contribution in [2.75, 3.05) is 26.2 Å². The predicted octanol–water partition coefficient (Wildman–Crippen LogP) is 9.46. The van der Waals surface area contributed by atoms with Crippen molar-refractivity contribution >= 4 is 23.9 Å². The second-order valence-electron chi connectivity index (χ2n) is 15.4. The third-order valence-corrected chi connectivity index (χ3v) is 11.8. The van der Waals surface area contributed by atoms with Gasteiger partial charge in [-0.15, -0.1) is 0 Å². The molecule has 3 rings (SSSR count). The maximum atomic E-state index is 13.8. The van der Waals surface area contributed by atoms with Crippen LogP contribution in [0.25, 0.3) is 0 Å². The third-order valence-electron chi connectivity index (χ3n) is 11.8. The molecule has 0 aliphatic heterocycles. The van der Waals surface area contributed by atoms with E-state index >= 15 is 0 Å². The Morgan fingerprint density at radius 2 is 0.979 bits per heavy atom. The summed E-state index contributed by atoms with van der Waals surface area (Å²) < 4.78 is 0. The number of imide groups is 2. The van der Waals surface area contributed by atoms with Gasteiger partial charge in [0.1, 0.15) is 0 Å². The molecule has 8 heteroatoms. The molecule has 0 aromatic carbocycles.